The fraction of sp³-hybridized carbons (Fsp3) is 0.417. The Balaban J connectivity index is 2.10. The van der Waals surface area contributed by atoms with Crippen LogP contribution in [0.4, 0.5) is 11.4 Å². The third-order valence-corrected chi connectivity index (χ3v) is 4.29. The van der Waals surface area contributed by atoms with Gasteiger partial charge in [0.2, 0.25) is 0 Å². The molecule has 1 heterocycles. The number of nitrogens with two attached hydrogens (primary N) is 2. The first kappa shape index (κ1) is 12.1. The lowest BCUT2D eigenvalue weighted by molar-refractivity contribution is 0.100. The zero-order chi connectivity index (χ0) is 12.3. The lowest BCUT2D eigenvalue weighted by Crippen LogP contribution is -2.19. The summed E-state index contributed by atoms with van der Waals surface area (Å²) in [6.07, 6.45) is 2.49. The van der Waals surface area contributed by atoms with Crippen LogP contribution in [0.15, 0.2) is 18.2 Å². The number of nitrogens with one attached hydrogen (secondary N) is 1. The Hall–Kier alpha value is -1.36. The third kappa shape index (κ3) is 2.85. The maximum Gasteiger partial charge on any atom is 0.250 e. The average molecular weight is 251 g/mol. The molecule has 0 bridgehead atoms. The number of benzene rings is 1. The number of anilines is 2. The van der Waals surface area contributed by atoms with E-state index in [2.05, 4.69) is 5.32 Å². The number of hydrogen-bond donors (Lipinski definition) is 3. The van der Waals surface area contributed by atoms with Gasteiger partial charge in [-0.15, -0.1) is 0 Å². The Kier molecular flexibility index (Phi) is 3.78. The van der Waals surface area contributed by atoms with Crippen molar-refractivity contribution < 1.29 is 4.79 Å². The zero-order valence-electron chi connectivity index (χ0n) is 9.61. The third-order valence-electron chi connectivity index (χ3n) is 2.89. The summed E-state index contributed by atoms with van der Waals surface area (Å²) in [6.45, 7) is 0.832. The fourth-order valence-corrected chi connectivity index (χ4v) is 3.20. The van der Waals surface area contributed by atoms with Gasteiger partial charge < -0.3 is 16.8 Å². The van der Waals surface area contributed by atoms with Gasteiger partial charge in [-0.2, -0.15) is 11.8 Å². The Morgan fingerprint density at radius 2 is 2.35 bits per heavy atom. The Morgan fingerprint density at radius 3 is 3.00 bits per heavy atom. The van der Waals surface area contributed by atoms with Gasteiger partial charge >= 0.3 is 0 Å². The molecule has 0 saturated carbocycles. The standard InChI is InChI=1S/C12H17N3OS/c13-10-5-1-4-9(12(14)16)11(10)15-7-8-3-2-6-17-8/h1,4-5,8,15H,2-3,6-7,13H2,(H2,14,16). The van der Waals surface area contributed by atoms with Gasteiger partial charge in [-0.25, -0.2) is 0 Å². The number of rotatable bonds is 4. The molecule has 1 saturated heterocycles. The van der Waals surface area contributed by atoms with E-state index in [1.807, 2.05) is 11.8 Å². The van der Waals surface area contributed by atoms with Crippen LogP contribution in [0.5, 0.6) is 0 Å². The number of nitrogen functional groups attached to an aromatic ring is 1. The Bertz CT molecular complexity index is 416. The SMILES string of the molecule is NC(=O)c1cccc(N)c1NCC1CCCS1. The first-order valence-corrected chi connectivity index (χ1v) is 6.77. The number of carbonyl (C=O) groups is 1. The summed E-state index contributed by atoms with van der Waals surface area (Å²) < 4.78 is 0. The van der Waals surface area contributed by atoms with Crippen molar-refractivity contribution in [2.75, 3.05) is 23.3 Å². The van der Waals surface area contributed by atoms with Crippen LogP contribution in [-0.2, 0) is 0 Å². The van der Waals surface area contributed by atoms with Crippen molar-refractivity contribution in [1.82, 2.24) is 0 Å². The van der Waals surface area contributed by atoms with Crippen molar-refractivity contribution in [3.63, 3.8) is 0 Å². The minimum Gasteiger partial charge on any atom is -0.397 e. The van der Waals surface area contributed by atoms with E-state index < -0.39 is 5.91 Å². The van der Waals surface area contributed by atoms with E-state index >= 15 is 0 Å². The van der Waals surface area contributed by atoms with Crippen molar-refractivity contribution in [3.05, 3.63) is 23.8 Å². The highest BCUT2D eigenvalue weighted by molar-refractivity contribution is 8.00. The van der Waals surface area contributed by atoms with E-state index in [-0.39, 0.29) is 0 Å². The molecular weight excluding hydrogens is 234 g/mol. The molecule has 4 nitrogen and oxygen atoms in total. The molecule has 5 N–H and O–H groups in total. The second kappa shape index (κ2) is 5.31. The van der Waals surface area contributed by atoms with Crippen LogP contribution in [0.2, 0.25) is 0 Å². The number of amides is 1. The van der Waals surface area contributed by atoms with E-state index in [9.17, 15) is 4.79 Å². The average Bonchev–Trinajstić information content (AvgIpc) is 2.80. The number of thioether (sulfide) groups is 1. The first-order valence-electron chi connectivity index (χ1n) is 5.72. The van der Waals surface area contributed by atoms with Gasteiger partial charge in [-0.05, 0) is 30.7 Å². The van der Waals surface area contributed by atoms with Gasteiger partial charge in [-0.3, -0.25) is 4.79 Å². The molecule has 5 heteroatoms. The molecule has 92 valence electrons. The normalized spacial score (nSPS) is 19.2. The summed E-state index contributed by atoms with van der Waals surface area (Å²) in [7, 11) is 0. The van der Waals surface area contributed by atoms with Gasteiger partial charge in [-0.1, -0.05) is 6.07 Å². The summed E-state index contributed by atoms with van der Waals surface area (Å²) in [6, 6.07) is 5.21. The van der Waals surface area contributed by atoms with Crippen molar-refractivity contribution in [1.29, 1.82) is 0 Å². The van der Waals surface area contributed by atoms with Crippen LogP contribution in [0.3, 0.4) is 0 Å². The smallest absolute Gasteiger partial charge is 0.250 e. The molecule has 17 heavy (non-hydrogen) atoms. The monoisotopic (exact) mass is 251 g/mol. The summed E-state index contributed by atoms with van der Waals surface area (Å²) in [5, 5.41) is 3.86. The Labute approximate surface area is 105 Å². The number of primary amides is 1. The van der Waals surface area contributed by atoms with E-state index in [0.717, 1.165) is 6.54 Å². The molecule has 0 spiro atoms. The van der Waals surface area contributed by atoms with E-state index in [1.165, 1.54) is 18.6 Å². The molecule has 1 fully saturated rings. The van der Waals surface area contributed by atoms with Crippen molar-refractivity contribution in [3.8, 4) is 0 Å². The maximum absolute atomic E-state index is 11.3. The van der Waals surface area contributed by atoms with Crippen LogP contribution < -0.4 is 16.8 Å². The molecule has 1 aromatic rings. The number of para-hydroxylation sites is 1. The quantitative estimate of drug-likeness (QED) is 0.711. The lowest BCUT2D eigenvalue weighted by Gasteiger charge is -2.15. The van der Waals surface area contributed by atoms with Crippen LogP contribution in [0.1, 0.15) is 23.2 Å². The minimum absolute atomic E-state index is 0.445. The molecule has 1 atom stereocenters. The van der Waals surface area contributed by atoms with Gasteiger partial charge in [0.25, 0.3) is 5.91 Å². The second-order valence-electron chi connectivity index (χ2n) is 4.15. The van der Waals surface area contributed by atoms with Crippen LogP contribution in [0.25, 0.3) is 0 Å². The van der Waals surface area contributed by atoms with Crippen molar-refractivity contribution >= 4 is 29.0 Å². The topological polar surface area (TPSA) is 81.1 Å². The van der Waals surface area contributed by atoms with Crippen LogP contribution in [0, 0.1) is 0 Å². The summed E-state index contributed by atoms with van der Waals surface area (Å²) in [5.41, 5.74) is 12.9. The minimum atomic E-state index is -0.445. The molecule has 0 radical (unpaired) electrons. The van der Waals surface area contributed by atoms with E-state index in [0.29, 0.717) is 22.2 Å². The molecule has 0 aromatic heterocycles. The molecule has 1 amide bonds. The van der Waals surface area contributed by atoms with E-state index in [4.69, 9.17) is 11.5 Å². The first-order chi connectivity index (χ1) is 8.18. The van der Waals surface area contributed by atoms with Crippen molar-refractivity contribution in [2.24, 2.45) is 5.73 Å². The molecule has 1 aliphatic rings. The molecule has 1 aliphatic heterocycles. The highest BCUT2D eigenvalue weighted by atomic mass is 32.2. The molecule has 1 aromatic carbocycles. The van der Waals surface area contributed by atoms with Gasteiger partial charge in [0.05, 0.1) is 16.9 Å². The predicted molar refractivity (Wildman–Crippen MR) is 73.3 cm³/mol. The molecular formula is C12H17N3OS. The summed E-state index contributed by atoms with van der Waals surface area (Å²) >= 11 is 1.96. The molecule has 0 aliphatic carbocycles. The number of hydrogen-bond acceptors (Lipinski definition) is 4. The second-order valence-corrected chi connectivity index (χ2v) is 5.56. The van der Waals surface area contributed by atoms with E-state index in [1.54, 1.807) is 18.2 Å². The maximum atomic E-state index is 11.3. The van der Waals surface area contributed by atoms with Gasteiger partial charge in [0, 0.05) is 11.8 Å². The Morgan fingerprint density at radius 1 is 1.53 bits per heavy atom. The predicted octanol–water partition coefficient (Wildman–Crippen LogP) is 1.68. The summed E-state index contributed by atoms with van der Waals surface area (Å²) in [5.74, 6) is 0.776. The molecule has 1 unspecified atom stereocenters. The van der Waals surface area contributed by atoms with Crippen LogP contribution in [-0.4, -0.2) is 23.5 Å². The highest BCUT2D eigenvalue weighted by Gasteiger charge is 2.17. The van der Waals surface area contributed by atoms with Gasteiger partial charge in [0.15, 0.2) is 0 Å². The lowest BCUT2D eigenvalue weighted by atomic mass is 10.1. The summed E-state index contributed by atoms with van der Waals surface area (Å²) in [4.78, 5) is 11.3. The fourth-order valence-electron chi connectivity index (χ4n) is 1.99. The molecule has 2 rings (SSSR count). The van der Waals surface area contributed by atoms with Crippen molar-refractivity contribution in [2.45, 2.75) is 18.1 Å². The zero-order valence-corrected chi connectivity index (χ0v) is 10.4. The number of carbonyl (C=O) groups excluding carboxylic acids is 1. The highest BCUT2D eigenvalue weighted by Crippen LogP contribution is 2.28. The van der Waals surface area contributed by atoms with Crippen LogP contribution >= 0.6 is 11.8 Å². The van der Waals surface area contributed by atoms with Gasteiger partial charge in [0.1, 0.15) is 0 Å². The largest absolute Gasteiger partial charge is 0.397 e.